The van der Waals surface area contributed by atoms with Crippen molar-refractivity contribution in [3.05, 3.63) is 19.8 Å². The maximum absolute atomic E-state index is 13.2. The number of ether oxygens (including phenoxy) is 1. The van der Waals surface area contributed by atoms with E-state index >= 15 is 0 Å². The van der Waals surface area contributed by atoms with Crippen molar-refractivity contribution in [2.75, 3.05) is 0 Å². The van der Waals surface area contributed by atoms with E-state index in [9.17, 15) is 17.8 Å². The Kier molecular flexibility index (Phi) is 6.11. The number of esters is 1. The largest absolute Gasteiger partial charge is 0.455 e. The molecule has 1 N–H and O–H groups in total. The summed E-state index contributed by atoms with van der Waals surface area (Å²) in [6, 6.07) is 0. The monoisotopic (exact) mass is 840 g/mol. The fraction of sp³-hybridized carbons (Fsp3) is 0.588. The number of hydrogen-bond acceptors (Lipinski definition) is 4. The Morgan fingerprint density at radius 3 is 1.78 bits per heavy atom. The molecule has 0 atom stereocenters. The molecule has 1 aromatic rings. The lowest BCUT2D eigenvalue weighted by Gasteiger charge is -2.55. The van der Waals surface area contributed by atoms with Crippen molar-refractivity contribution in [2.24, 2.45) is 17.8 Å². The van der Waals surface area contributed by atoms with Crippen LogP contribution in [0.4, 0.5) is 0 Å². The van der Waals surface area contributed by atoms with Crippen LogP contribution in [-0.2, 0) is 14.9 Å². The van der Waals surface area contributed by atoms with E-state index in [1.165, 1.54) is 19.3 Å². The van der Waals surface area contributed by atoms with Gasteiger partial charge in [-0.1, -0.05) is 0 Å². The zero-order chi connectivity index (χ0) is 19.7. The molecule has 4 fully saturated rings. The molecule has 0 saturated heterocycles. The predicted molar refractivity (Wildman–Crippen MR) is 133 cm³/mol. The highest BCUT2D eigenvalue weighted by Gasteiger charge is 2.53. The van der Waals surface area contributed by atoms with Crippen LogP contribution in [0.5, 0.6) is 0 Å². The van der Waals surface area contributed by atoms with Gasteiger partial charge < -0.3 is 4.74 Å². The van der Waals surface area contributed by atoms with Crippen molar-refractivity contribution in [3.63, 3.8) is 0 Å². The van der Waals surface area contributed by atoms with Crippen molar-refractivity contribution < 1.29 is 22.5 Å². The Labute approximate surface area is 212 Å². The van der Waals surface area contributed by atoms with Gasteiger partial charge in [0.2, 0.25) is 0 Å². The molecule has 10 heteroatoms. The van der Waals surface area contributed by atoms with Gasteiger partial charge in [0.25, 0.3) is 10.1 Å². The Bertz CT molecular complexity index is 908. The van der Waals surface area contributed by atoms with Crippen LogP contribution in [-0.4, -0.2) is 24.5 Å². The first-order chi connectivity index (χ1) is 12.5. The van der Waals surface area contributed by atoms with Crippen LogP contribution >= 0.6 is 90.4 Å². The van der Waals surface area contributed by atoms with E-state index in [0.29, 0.717) is 28.5 Å². The average Bonchev–Trinajstić information content (AvgIpc) is 2.53. The van der Waals surface area contributed by atoms with Crippen LogP contribution in [0.15, 0.2) is 4.90 Å². The molecule has 0 spiro atoms. The van der Waals surface area contributed by atoms with E-state index in [4.69, 9.17) is 4.74 Å². The van der Waals surface area contributed by atoms with Gasteiger partial charge in [-0.25, -0.2) is 4.79 Å². The third-order valence-corrected chi connectivity index (χ3v) is 14.7. The number of benzene rings is 1. The van der Waals surface area contributed by atoms with Gasteiger partial charge in [0.05, 0.1) is 5.56 Å². The van der Waals surface area contributed by atoms with Crippen molar-refractivity contribution >= 4 is 106 Å². The van der Waals surface area contributed by atoms with E-state index < -0.39 is 21.7 Å². The van der Waals surface area contributed by atoms with Crippen molar-refractivity contribution in [3.8, 4) is 0 Å². The summed E-state index contributed by atoms with van der Waals surface area (Å²) in [5, 5.41) is 0. The van der Waals surface area contributed by atoms with E-state index in [-0.39, 0.29) is 10.5 Å². The summed E-state index contributed by atoms with van der Waals surface area (Å²) in [6.07, 6.45) is 6.31. The van der Waals surface area contributed by atoms with Gasteiger partial charge >= 0.3 is 5.97 Å². The van der Waals surface area contributed by atoms with Crippen LogP contribution in [0.2, 0.25) is 0 Å². The van der Waals surface area contributed by atoms with Gasteiger partial charge in [-0.3, -0.25) is 4.55 Å². The number of rotatable bonds is 3. The summed E-state index contributed by atoms with van der Waals surface area (Å²) in [4.78, 5) is 12.9. The number of hydrogen-bond donors (Lipinski definition) is 1. The lowest BCUT2D eigenvalue weighted by atomic mass is 9.54. The minimum Gasteiger partial charge on any atom is -0.455 e. The average molecular weight is 840 g/mol. The minimum absolute atomic E-state index is 0.0249. The first kappa shape index (κ1) is 21.7. The smallest absolute Gasteiger partial charge is 0.341 e. The fourth-order valence-electron chi connectivity index (χ4n) is 5.44. The Balaban J connectivity index is 1.77. The second-order valence-corrected chi connectivity index (χ2v) is 13.6. The highest BCUT2D eigenvalue weighted by molar-refractivity contribution is 14.1. The molecule has 5 nitrogen and oxygen atoms in total. The quantitative estimate of drug-likeness (QED) is 0.144. The maximum Gasteiger partial charge on any atom is 0.341 e. The first-order valence-electron chi connectivity index (χ1n) is 8.57. The molecule has 0 amide bonds. The molecule has 27 heavy (non-hydrogen) atoms. The first-order valence-corrected chi connectivity index (χ1v) is 14.3. The van der Waals surface area contributed by atoms with Gasteiger partial charge in [-0.2, -0.15) is 8.42 Å². The van der Waals surface area contributed by atoms with E-state index in [1.807, 2.05) is 67.8 Å². The zero-order valence-electron chi connectivity index (χ0n) is 14.0. The van der Waals surface area contributed by atoms with Crippen LogP contribution in [0, 0.1) is 32.0 Å². The van der Waals surface area contributed by atoms with Gasteiger partial charge in [0, 0.05) is 14.3 Å². The topological polar surface area (TPSA) is 80.7 Å². The van der Waals surface area contributed by atoms with Crippen molar-refractivity contribution in [2.45, 2.75) is 49.0 Å². The third-order valence-electron chi connectivity index (χ3n) is 5.98. The molecule has 0 radical (unpaired) electrons. The normalized spacial score (nSPS) is 32.0. The minimum atomic E-state index is -4.56. The highest BCUT2D eigenvalue weighted by atomic mass is 127. The number of carbonyl (C=O) groups excluding carboxylic acids is 1. The summed E-state index contributed by atoms with van der Waals surface area (Å²) in [7, 11) is -4.56. The Morgan fingerprint density at radius 2 is 1.33 bits per heavy atom. The molecule has 0 aromatic heterocycles. The van der Waals surface area contributed by atoms with Crippen LogP contribution in [0.25, 0.3) is 0 Å². The summed E-state index contributed by atoms with van der Waals surface area (Å²) in [6.45, 7) is 0. The molecule has 5 rings (SSSR count). The van der Waals surface area contributed by atoms with Crippen LogP contribution in [0.3, 0.4) is 0 Å². The SMILES string of the molecule is O=C(OC12CC3CC(CC(C3)C1)C2)c1c(I)c(I)c(I)c(I)c1S(=O)(=O)O. The molecule has 4 aliphatic carbocycles. The maximum atomic E-state index is 13.2. The number of carbonyl (C=O) groups is 1. The van der Waals surface area contributed by atoms with Crippen LogP contribution in [0.1, 0.15) is 48.9 Å². The summed E-state index contributed by atoms with van der Waals surface area (Å²) in [5.74, 6) is 1.21. The van der Waals surface area contributed by atoms with Gasteiger partial charge in [0.15, 0.2) is 0 Å². The molecule has 0 unspecified atom stereocenters. The summed E-state index contributed by atoms with van der Waals surface area (Å²) >= 11 is 8.00. The molecular weight excluding hydrogens is 824 g/mol. The molecule has 1 aromatic carbocycles. The lowest BCUT2D eigenvalue weighted by Crippen LogP contribution is -2.52. The second kappa shape index (κ2) is 7.58. The van der Waals surface area contributed by atoms with E-state index in [2.05, 4.69) is 22.6 Å². The zero-order valence-corrected chi connectivity index (χ0v) is 23.4. The Morgan fingerprint density at radius 1 is 0.889 bits per heavy atom. The van der Waals surface area contributed by atoms with Crippen molar-refractivity contribution in [1.29, 1.82) is 0 Å². The van der Waals surface area contributed by atoms with Gasteiger partial charge in [0.1, 0.15) is 10.5 Å². The van der Waals surface area contributed by atoms with Gasteiger partial charge in [-0.15, -0.1) is 0 Å². The lowest BCUT2D eigenvalue weighted by molar-refractivity contribution is -0.131. The molecule has 4 bridgehead atoms. The molecule has 4 aliphatic rings. The fourth-order valence-corrected chi connectivity index (χ4v) is 10.8. The predicted octanol–water partition coefficient (Wildman–Crippen LogP) is 5.48. The van der Waals surface area contributed by atoms with Gasteiger partial charge in [-0.05, 0) is 147 Å². The van der Waals surface area contributed by atoms with Crippen molar-refractivity contribution in [1.82, 2.24) is 0 Å². The summed E-state index contributed by atoms with van der Waals surface area (Å²) < 4.78 is 42.5. The molecular formula is C17H16I4O5S. The molecule has 0 heterocycles. The summed E-state index contributed by atoms with van der Waals surface area (Å²) in [5.41, 5.74) is -0.492. The van der Waals surface area contributed by atoms with E-state index in [1.54, 1.807) is 0 Å². The Hall–Kier alpha value is 1.52. The molecule has 0 aliphatic heterocycles. The third kappa shape index (κ3) is 3.93. The second-order valence-electron chi connectivity index (χ2n) is 7.93. The van der Waals surface area contributed by atoms with Crippen LogP contribution < -0.4 is 0 Å². The number of halogens is 4. The highest BCUT2D eigenvalue weighted by Crippen LogP contribution is 2.57. The molecule has 148 valence electrons. The standard InChI is InChI=1S/C17H16I4O5S/c18-11-10(15(27(23,24)25)14(21)13(20)12(11)19)16(22)26-17-4-7-1-8(5-17)3-9(2-7)6-17/h7-9H,1-6H2,(H,23,24,25). The van der Waals surface area contributed by atoms with E-state index in [0.717, 1.165) is 22.8 Å². The molecule has 4 saturated carbocycles.